The normalized spacial score (nSPS) is 24.3. The van der Waals surface area contributed by atoms with Crippen molar-refractivity contribution in [2.45, 2.75) is 50.2 Å². The van der Waals surface area contributed by atoms with E-state index in [1.807, 2.05) is 24.3 Å². The molecule has 4 rings (SSSR count). The second kappa shape index (κ2) is 9.85. The molecule has 2 N–H and O–H groups in total. The van der Waals surface area contributed by atoms with Crippen LogP contribution in [0.25, 0.3) is 17.0 Å². The van der Waals surface area contributed by atoms with Crippen LogP contribution in [0.15, 0.2) is 36.5 Å². The number of hydrogen-bond donors (Lipinski definition) is 2. The van der Waals surface area contributed by atoms with Crippen molar-refractivity contribution in [2.24, 2.45) is 5.92 Å². The third-order valence-corrected chi connectivity index (χ3v) is 6.45. The number of aromatic nitrogens is 1. The molecule has 1 aromatic carbocycles. The van der Waals surface area contributed by atoms with Gasteiger partial charge in [0, 0.05) is 18.0 Å². The summed E-state index contributed by atoms with van der Waals surface area (Å²) < 4.78 is 27.2. The molecule has 2 amide bonds. The summed E-state index contributed by atoms with van der Waals surface area (Å²) in [5, 5.41) is 21.8. The molecule has 0 spiro atoms. The van der Waals surface area contributed by atoms with Crippen LogP contribution >= 0.6 is 0 Å². The molecule has 1 atom stereocenters. The molecule has 2 fully saturated rings. The molecule has 9 heteroatoms. The molecule has 0 radical (unpaired) electrons. The van der Waals surface area contributed by atoms with E-state index < -0.39 is 43.3 Å². The topological polar surface area (TPSA) is 106 Å². The third kappa shape index (κ3) is 5.39. The lowest BCUT2D eigenvalue weighted by atomic mass is 9.87. The largest absolute Gasteiger partial charge is 0.393 e. The Labute approximate surface area is 196 Å². The van der Waals surface area contributed by atoms with E-state index in [1.54, 1.807) is 12.1 Å². The van der Waals surface area contributed by atoms with Gasteiger partial charge in [0.1, 0.15) is 6.04 Å². The van der Waals surface area contributed by atoms with Gasteiger partial charge in [0.05, 0.1) is 36.3 Å². The summed E-state index contributed by atoms with van der Waals surface area (Å²) in [6.45, 7) is -1.31. The standard InChI is InChI=1S/C25H26F2N4O3/c26-25(27)12-18(13-28)31(15-25)23(33)14-30-24(34)20-9-10-29-22-8-5-17(11-21(20)22)2-1-16-3-6-19(32)7-4-16/h1-2,5,8-11,16,18-19,32H,3-4,6-7,12,14-15H2,(H,30,34). The first-order chi connectivity index (χ1) is 16.3. The number of rotatable bonds is 5. The van der Waals surface area contributed by atoms with Gasteiger partial charge in [0.15, 0.2) is 0 Å². The van der Waals surface area contributed by atoms with Crippen LogP contribution in [0.2, 0.25) is 0 Å². The fraction of sp³-hybridized carbons (Fsp3) is 0.440. The molecule has 0 bridgehead atoms. The minimum absolute atomic E-state index is 0.211. The van der Waals surface area contributed by atoms with Crippen LogP contribution in [0.1, 0.15) is 48.0 Å². The monoisotopic (exact) mass is 468 g/mol. The molecular formula is C25H26F2N4O3. The molecule has 2 aromatic rings. The first-order valence-corrected chi connectivity index (χ1v) is 11.4. The van der Waals surface area contributed by atoms with Crippen molar-refractivity contribution in [2.75, 3.05) is 13.1 Å². The van der Waals surface area contributed by atoms with Crippen LogP contribution in [-0.2, 0) is 4.79 Å². The van der Waals surface area contributed by atoms with Crippen LogP contribution in [0.4, 0.5) is 8.78 Å². The highest BCUT2D eigenvalue weighted by Crippen LogP contribution is 2.31. The Morgan fingerprint density at radius 3 is 2.76 bits per heavy atom. The number of halogens is 2. The van der Waals surface area contributed by atoms with E-state index in [1.165, 1.54) is 6.20 Å². The van der Waals surface area contributed by atoms with Crippen molar-refractivity contribution < 1.29 is 23.5 Å². The number of nitriles is 1. The van der Waals surface area contributed by atoms with E-state index in [0.29, 0.717) is 22.4 Å². The maximum atomic E-state index is 13.6. The first-order valence-electron chi connectivity index (χ1n) is 11.4. The predicted molar refractivity (Wildman–Crippen MR) is 122 cm³/mol. The second-order valence-electron chi connectivity index (χ2n) is 8.97. The number of likely N-dealkylation sites (tertiary alicyclic amines) is 1. The lowest BCUT2D eigenvalue weighted by Gasteiger charge is -2.22. The van der Waals surface area contributed by atoms with Gasteiger partial charge in [-0.2, -0.15) is 5.26 Å². The van der Waals surface area contributed by atoms with E-state index in [-0.39, 0.29) is 6.10 Å². The number of carbonyl (C=O) groups is 2. The zero-order valence-corrected chi connectivity index (χ0v) is 18.6. The van der Waals surface area contributed by atoms with Gasteiger partial charge in [-0.3, -0.25) is 14.6 Å². The van der Waals surface area contributed by atoms with Crippen molar-refractivity contribution in [3.05, 3.63) is 47.7 Å². The average molecular weight is 469 g/mol. The van der Waals surface area contributed by atoms with Gasteiger partial charge in [-0.25, -0.2) is 8.78 Å². The Hall–Kier alpha value is -3.38. The van der Waals surface area contributed by atoms with Gasteiger partial charge >= 0.3 is 0 Å². The number of amides is 2. The predicted octanol–water partition coefficient (Wildman–Crippen LogP) is 3.29. The Kier molecular flexibility index (Phi) is 6.89. The highest BCUT2D eigenvalue weighted by molar-refractivity contribution is 6.07. The molecular weight excluding hydrogens is 442 g/mol. The lowest BCUT2D eigenvalue weighted by Crippen LogP contribution is -2.43. The quantitative estimate of drug-likeness (QED) is 0.701. The molecule has 34 heavy (non-hydrogen) atoms. The number of aliphatic hydroxyl groups is 1. The summed E-state index contributed by atoms with van der Waals surface area (Å²) in [5.74, 6) is -3.96. The molecule has 178 valence electrons. The Morgan fingerprint density at radius 1 is 1.26 bits per heavy atom. The van der Waals surface area contributed by atoms with Gasteiger partial charge in [0.25, 0.3) is 11.8 Å². The van der Waals surface area contributed by atoms with Crippen molar-refractivity contribution >= 4 is 28.8 Å². The minimum Gasteiger partial charge on any atom is -0.393 e. The van der Waals surface area contributed by atoms with Crippen molar-refractivity contribution in [1.82, 2.24) is 15.2 Å². The van der Waals surface area contributed by atoms with Crippen LogP contribution in [0.5, 0.6) is 0 Å². The molecule has 1 unspecified atom stereocenters. The number of benzene rings is 1. The number of nitrogens with zero attached hydrogens (tertiary/aromatic N) is 3. The number of fused-ring (bicyclic) bond motifs is 1. The number of allylic oxidation sites excluding steroid dienone is 1. The van der Waals surface area contributed by atoms with Crippen molar-refractivity contribution in [3.8, 4) is 6.07 Å². The molecule has 1 saturated heterocycles. The molecule has 7 nitrogen and oxygen atoms in total. The highest BCUT2D eigenvalue weighted by atomic mass is 19.3. The number of alkyl halides is 2. The van der Waals surface area contributed by atoms with E-state index in [4.69, 9.17) is 5.26 Å². The molecule has 1 aliphatic carbocycles. The minimum atomic E-state index is -3.11. The number of pyridine rings is 1. The van der Waals surface area contributed by atoms with Gasteiger partial charge in [-0.1, -0.05) is 18.2 Å². The fourth-order valence-electron chi connectivity index (χ4n) is 4.55. The molecule has 1 saturated carbocycles. The third-order valence-electron chi connectivity index (χ3n) is 6.45. The highest BCUT2D eigenvalue weighted by Gasteiger charge is 2.47. The number of hydrogen-bond acceptors (Lipinski definition) is 5. The van der Waals surface area contributed by atoms with Crippen LogP contribution in [-0.4, -0.2) is 58.0 Å². The Morgan fingerprint density at radius 2 is 2.03 bits per heavy atom. The smallest absolute Gasteiger partial charge is 0.268 e. The molecule has 2 aliphatic rings. The Bertz CT molecular complexity index is 1150. The zero-order chi connectivity index (χ0) is 24.3. The SMILES string of the molecule is N#CC1CC(F)(F)CN1C(=O)CNC(=O)c1ccnc2ccc(C=CC3CCC(O)CC3)cc12. The number of carbonyl (C=O) groups excluding carboxylic acids is 2. The Balaban J connectivity index is 1.45. The summed E-state index contributed by atoms with van der Waals surface area (Å²) >= 11 is 0. The number of aliphatic hydroxyl groups excluding tert-OH is 1. The summed E-state index contributed by atoms with van der Waals surface area (Å²) in [4.78, 5) is 30.4. The van der Waals surface area contributed by atoms with Gasteiger partial charge in [-0.15, -0.1) is 0 Å². The van der Waals surface area contributed by atoms with Gasteiger partial charge in [-0.05, 0) is 55.4 Å². The van der Waals surface area contributed by atoms with Crippen LogP contribution in [0.3, 0.4) is 0 Å². The number of nitrogens with one attached hydrogen (secondary N) is 1. The molecule has 1 aromatic heterocycles. The van der Waals surface area contributed by atoms with E-state index in [2.05, 4.69) is 16.4 Å². The van der Waals surface area contributed by atoms with Crippen molar-refractivity contribution in [1.29, 1.82) is 5.26 Å². The van der Waals surface area contributed by atoms with Gasteiger partial charge in [0.2, 0.25) is 5.91 Å². The summed E-state index contributed by atoms with van der Waals surface area (Å²) in [6.07, 6.45) is 8.17. The average Bonchev–Trinajstić information content (AvgIpc) is 3.16. The zero-order valence-electron chi connectivity index (χ0n) is 18.6. The van der Waals surface area contributed by atoms with E-state index in [0.717, 1.165) is 36.1 Å². The lowest BCUT2D eigenvalue weighted by molar-refractivity contribution is -0.131. The maximum Gasteiger partial charge on any atom is 0.268 e. The first kappa shape index (κ1) is 23.8. The fourth-order valence-corrected chi connectivity index (χ4v) is 4.55. The maximum absolute atomic E-state index is 13.6. The molecule has 2 heterocycles. The van der Waals surface area contributed by atoms with E-state index >= 15 is 0 Å². The van der Waals surface area contributed by atoms with Crippen LogP contribution < -0.4 is 5.32 Å². The van der Waals surface area contributed by atoms with Crippen molar-refractivity contribution in [3.63, 3.8) is 0 Å². The molecule has 1 aliphatic heterocycles. The summed E-state index contributed by atoms with van der Waals surface area (Å²) in [5.41, 5.74) is 1.82. The van der Waals surface area contributed by atoms with E-state index in [9.17, 15) is 23.5 Å². The van der Waals surface area contributed by atoms with Gasteiger partial charge < -0.3 is 15.3 Å². The summed E-state index contributed by atoms with van der Waals surface area (Å²) in [7, 11) is 0. The summed E-state index contributed by atoms with van der Waals surface area (Å²) in [6, 6.07) is 7.62. The van der Waals surface area contributed by atoms with Crippen LogP contribution in [0, 0.1) is 17.2 Å². The second-order valence-corrected chi connectivity index (χ2v) is 8.97.